The molecule has 0 saturated heterocycles. The molecule has 1 aliphatic rings. The lowest BCUT2D eigenvalue weighted by atomic mass is 9.91. The van der Waals surface area contributed by atoms with Gasteiger partial charge in [-0.3, -0.25) is 0 Å². The van der Waals surface area contributed by atoms with E-state index in [1.165, 1.54) is 5.06 Å². The van der Waals surface area contributed by atoms with Gasteiger partial charge >= 0.3 is 0 Å². The highest BCUT2D eigenvalue weighted by molar-refractivity contribution is 9.09. The van der Waals surface area contributed by atoms with E-state index >= 15 is 0 Å². The van der Waals surface area contributed by atoms with Gasteiger partial charge in [0.05, 0.1) is 18.1 Å². The van der Waals surface area contributed by atoms with Crippen molar-refractivity contribution in [3.05, 3.63) is 64.9 Å². The Morgan fingerprint density at radius 1 is 1.11 bits per heavy atom. The van der Waals surface area contributed by atoms with E-state index in [-0.39, 0.29) is 12.0 Å². The van der Waals surface area contributed by atoms with E-state index in [0.29, 0.717) is 19.8 Å². The van der Waals surface area contributed by atoms with Gasteiger partial charge in [-0.2, -0.15) is 0 Å². The molecule has 6 heteroatoms. The fraction of sp³-hybridized carbons (Fsp3) is 0.455. The third-order valence-corrected chi connectivity index (χ3v) is 7.17. The van der Waals surface area contributed by atoms with Crippen molar-refractivity contribution in [3.63, 3.8) is 0 Å². The summed E-state index contributed by atoms with van der Waals surface area (Å²) in [5.41, 5.74) is 2.01. The number of nitrogens with zero attached hydrogens (tertiary/aromatic N) is 1. The molecule has 0 N–H and O–H groups in total. The van der Waals surface area contributed by atoms with Gasteiger partial charge < -0.3 is 19.7 Å². The van der Waals surface area contributed by atoms with E-state index in [9.17, 15) is 5.21 Å². The molecule has 152 valence electrons. The van der Waals surface area contributed by atoms with E-state index in [2.05, 4.69) is 35.8 Å². The molecule has 0 radical (unpaired) electrons. The summed E-state index contributed by atoms with van der Waals surface area (Å²) in [7, 11) is 0. The highest BCUT2D eigenvalue weighted by Gasteiger charge is 2.45. The second-order valence-electron chi connectivity index (χ2n) is 7.14. The van der Waals surface area contributed by atoms with Crippen LogP contribution in [0, 0.1) is 11.1 Å². The Balaban J connectivity index is 1.97. The van der Waals surface area contributed by atoms with Gasteiger partial charge in [0.25, 0.3) is 0 Å². The van der Waals surface area contributed by atoms with Crippen LogP contribution in [0.1, 0.15) is 37.9 Å². The van der Waals surface area contributed by atoms with Crippen LogP contribution < -0.4 is 4.74 Å². The summed E-state index contributed by atoms with van der Waals surface area (Å²) in [5, 5.41) is 15.7. The molecule has 1 aliphatic heterocycles. The van der Waals surface area contributed by atoms with Crippen molar-refractivity contribution >= 4 is 27.7 Å². The maximum Gasteiger partial charge on any atom is 0.125 e. The van der Waals surface area contributed by atoms with E-state index < -0.39 is 4.87 Å². The molecule has 0 saturated carbocycles. The van der Waals surface area contributed by atoms with Crippen LogP contribution in [-0.2, 0) is 9.61 Å². The molecule has 2 aromatic rings. The fourth-order valence-corrected chi connectivity index (χ4v) is 5.49. The average Bonchev–Trinajstić information content (AvgIpc) is 2.71. The van der Waals surface area contributed by atoms with Crippen molar-refractivity contribution in [1.29, 1.82) is 0 Å². The van der Waals surface area contributed by atoms with E-state index in [4.69, 9.17) is 9.47 Å². The first-order valence-corrected chi connectivity index (χ1v) is 11.6. The number of halogens is 1. The zero-order valence-electron chi connectivity index (χ0n) is 16.6. The van der Waals surface area contributed by atoms with Crippen LogP contribution >= 0.6 is 27.7 Å². The molecule has 0 amide bonds. The summed E-state index contributed by atoms with van der Waals surface area (Å²) in [6.07, 6.45) is 0. The zero-order valence-corrected chi connectivity index (χ0v) is 19.0. The molecule has 2 aromatic carbocycles. The van der Waals surface area contributed by atoms with Crippen LogP contribution in [0.25, 0.3) is 0 Å². The Kier molecular flexibility index (Phi) is 7.45. The van der Waals surface area contributed by atoms with Crippen molar-refractivity contribution in [3.8, 4) is 5.75 Å². The molecule has 2 unspecified atom stereocenters. The van der Waals surface area contributed by atoms with Gasteiger partial charge in [0.1, 0.15) is 12.4 Å². The van der Waals surface area contributed by atoms with Crippen molar-refractivity contribution in [2.24, 2.45) is 5.92 Å². The van der Waals surface area contributed by atoms with Crippen LogP contribution in [0.4, 0.5) is 0 Å². The summed E-state index contributed by atoms with van der Waals surface area (Å²) in [4.78, 5) is 0.410. The number of hydrogen-bond acceptors (Lipinski definition) is 5. The number of fused-ring (bicyclic) bond motifs is 1. The third kappa shape index (κ3) is 4.12. The van der Waals surface area contributed by atoms with Gasteiger partial charge in [-0.15, -0.1) is 0 Å². The number of hydrogen-bond donors (Lipinski definition) is 0. The lowest BCUT2D eigenvalue weighted by Gasteiger charge is -2.57. The number of para-hydroxylation sites is 1. The van der Waals surface area contributed by atoms with Gasteiger partial charge in [0, 0.05) is 21.8 Å². The summed E-state index contributed by atoms with van der Waals surface area (Å²) >= 11 is 4.98. The van der Waals surface area contributed by atoms with Gasteiger partial charge in [0.15, 0.2) is 0 Å². The van der Waals surface area contributed by atoms with Crippen molar-refractivity contribution < 1.29 is 9.47 Å². The smallest absolute Gasteiger partial charge is 0.125 e. The van der Waals surface area contributed by atoms with Crippen LogP contribution in [0.3, 0.4) is 0 Å². The predicted molar refractivity (Wildman–Crippen MR) is 119 cm³/mol. The van der Waals surface area contributed by atoms with Gasteiger partial charge in [-0.05, 0) is 30.5 Å². The van der Waals surface area contributed by atoms with Gasteiger partial charge in [-0.1, -0.05) is 77.9 Å². The monoisotopic (exact) mass is 464 g/mol. The predicted octanol–water partition coefficient (Wildman–Crippen LogP) is 5.95. The van der Waals surface area contributed by atoms with Crippen LogP contribution in [0.2, 0.25) is 0 Å². The molecular formula is C22H27BrNO3S-. The maximum absolute atomic E-state index is 13.6. The van der Waals surface area contributed by atoms with Crippen molar-refractivity contribution in [2.75, 3.05) is 25.2 Å². The average molecular weight is 465 g/mol. The molecule has 0 spiro atoms. The van der Waals surface area contributed by atoms with Crippen LogP contribution in [0.5, 0.6) is 5.75 Å². The first kappa shape index (κ1) is 21.7. The molecule has 1 heterocycles. The molecule has 2 atom stereocenters. The van der Waals surface area contributed by atoms with Crippen molar-refractivity contribution in [1.82, 2.24) is 5.06 Å². The summed E-state index contributed by atoms with van der Waals surface area (Å²) in [6.45, 7) is 7.82. The fourth-order valence-electron chi connectivity index (χ4n) is 3.66. The molecule has 3 rings (SSSR count). The van der Waals surface area contributed by atoms with E-state index in [1.54, 1.807) is 11.8 Å². The Labute approximate surface area is 180 Å². The molecular weight excluding hydrogens is 438 g/mol. The largest absolute Gasteiger partial charge is 0.784 e. The van der Waals surface area contributed by atoms with Crippen LogP contribution in [0.15, 0.2) is 53.4 Å². The number of alkyl halides is 1. The Bertz CT molecular complexity index is 788. The summed E-state index contributed by atoms with van der Waals surface area (Å²) in [6, 6.07) is 15.9. The molecule has 0 aromatic heterocycles. The Morgan fingerprint density at radius 2 is 1.82 bits per heavy atom. The maximum atomic E-state index is 13.6. The number of benzene rings is 2. The molecule has 28 heavy (non-hydrogen) atoms. The second kappa shape index (κ2) is 9.63. The first-order valence-electron chi connectivity index (χ1n) is 9.62. The number of thioether (sulfide) groups is 1. The minimum atomic E-state index is -0.749. The molecule has 0 aliphatic carbocycles. The Hall–Kier alpha value is -1.05. The lowest BCUT2D eigenvalue weighted by Crippen LogP contribution is -2.48. The zero-order chi connectivity index (χ0) is 20.1. The normalized spacial score (nSPS) is 22.3. The number of hydroxylamine groups is 2. The van der Waals surface area contributed by atoms with Gasteiger partial charge in [-0.25, -0.2) is 0 Å². The quantitative estimate of drug-likeness (QED) is 0.356. The van der Waals surface area contributed by atoms with Crippen molar-refractivity contribution in [2.45, 2.75) is 36.6 Å². The van der Waals surface area contributed by atoms with Gasteiger partial charge in [0.2, 0.25) is 0 Å². The van der Waals surface area contributed by atoms with Crippen LogP contribution in [-0.4, -0.2) is 30.2 Å². The number of ether oxygens (including phenoxy) is 2. The summed E-state index contributed by atoms with van der Waals surface area (Å²) < 4.78 is 11.6. The van der Waals surface area contributed by atoms with E-state index in [1.807, 2.05) is 49.4 Å². The minimum absolute atomic E-state index is 0.0835. The standard InChI is InChI=1S/C22H27BrNO3S/c1-16(2)22(24(25)17(3)18-8-4-7-11-21(18)28-22)19-9-5-6-10-20(19)27-15-14-26-13-12-23/h4-11,16-17H,12-15H2,1-3H3/q-1. The SMILES string of the molecule is CC1c2ccccc2SC(c2ccccc2OCCOCCBr)(C(C)C)N1[O-]. The highest BCUT2D eigenvalue weighted by Crippen LogP contribution is 2.58. The minimum Gasteiger partial charge on any atom is -0.784 e. The first-order chi connectivity index (χ1) is 13.5. The topological polar surface area (TPSA) is 44.8 Å². The third-order valence-electron chi connectivity index (χ3n) is 5.08. The van der Waals surface area contributed by atoms with E-state index in [0.717, 1.165) is 27.1 Å². The number of rotatable bonds is 8. The molecule has 4 nitrogen and oxygen atoms in total. The molecule has 0 bridgehead atoms. The second-order valence-corrected chi connectivity index (χ2v) is 9.20. The summed E-state index contributed by atoms with van der Waals surface area (Å²) in [5.74, 6) is 0.832. The lowest BCUT2D eigenvalue weighted by molar-refractivity contribution is 0.105. The highest BCUT2D eigenvalue weighted by atomic mass is 79.9. The Morgan fingerprint density at radius 3 is 2.57 bits per heavy atom. The molecule has 0 fully saturated rings.